The molecule has 0 spiro atoms. The Morgan fingerprint density at radius 1 is 1.18 bits per heavy atom. The van der Waals surface area contributed by atoms with Crippen LogP contribution in [0, 0.1) is 5.92 Å². The maximum Gasteiger partial charge on any atom is 0.276 e. The van der Waals surface area contributed by atoms with Crippen LogP contribution in [0.5, 0.6) is 0 Å². The third kappa shape index (κ3) is 2.75. The van der Waals surface area contributed by atoms with Gasteiger partial charge in [-0.1, -0.05) is 5.16 Å². The minimum absolute atomic E-state index is 0.0596. The molecule has 2 aliphatic heterocycles. The molecule has 9 nitrogen and oxygen atoms in total. The van der Waals surface area contributed by atoms with Gasteiger partial charge in [-0.25, -0.2) is 9.97 Å². The summed E-state index contributed by atoms with van der Waals surface area (Å²) in [6, 6.07) is 6.79. The number of nitrogens with two attached hydrogens (primary N) is 1. The van der Waals surface area contributed by atoms with E-state index in [0.29, 0.717) is 42.4 Å². The lowest BCUT2D eigenvalue weighted by Crippen LogP contribution is -2.49. The van der Waals surface area contributed by atoms with E-state index in [2.05, 4.69) is 15.1 Å². The predicted molar refractivity (Wildman–Crippen MR) is 99.4 cm³/mol. The van der Waals surface area contributed by atoms with E-state index in [0.717, 1.165) is 12.1 Å². The summed E-state index contributed by atoms with van der Waals surface area (Å²) < 4.78 is 6.63. The second-order valence-electron chi connectivity index (χ2n) is 7.34. The standard InChI is InChI=1S/C19H18N6O3/c20-17-6-15(21-10-22-17)12-4-16-13-3-11(8-25(16)18(26)5-12)7-24(9-13)19(27)14-1-2-28-23-14/h1-2,4-6,10-11,13H,3,7-9H2,(H2,20,21,22)/t11-,13+/m0/s1. The molecular weight excluding hydrogens is 360 g/mol. The Hall–Kier alpha value is -3.49. The number of amides is 1. The average Bonchev–Trinajstić information content (AvgIpc) is 3.23. The van der Waals surface area contributed by atoms with Crippen LogP contribution in [-0.4, -0.2) is 43.6 Å². The summed E-state index contributed by atoms with van der Waals surface area (Å²) in [6.07, 6.45) is 3.72. The van der Waals surface area contributed by atoms with Gasteiger partial charge in [0, 0.05) is 55.0 Å². The number of nitrogen functional groups attached to an aromatic ring is 1. The number of piperidine rings is 1. The monoisotopic (exact) mass is 378 g/mol. The molecule has 2 atom stereocenters. The molecule has 1 saturated heterocycles. The van der Waals surface area contributed by atoms with E-state index in [4.69, 9.17) is 10.3 Å². The first kappa shape index (κ1) is 16.7. The van der Waals surface area contributed by atoms with E-state index in [-0.39, 0.29) is 23.3 Å². The zero-order valence-corrected chi connectivity index (χ0v) is 15.0. The molecule has 2 aliphatic rings. The Balaban J connectivity index is 1.51. The molecule has 0 radical (unpaired) electrons. The van der Waals surface area contributed by atoms with Crippen LogP contribution in [-0.2, 0) is 6.54 Å². The first-order valence-corrected chi connectivity index (χ1v) is 9.11. The van der Waals surface area contributed by atoms with Crippen LogP contribution in [0.1, 0.15) is 28.5 Å². The number of aromatic nitrogens is 4. The van der Waals surface area contributed by atoms with Gasteiger partial charge in [0.1, 0.15) is 18.4 Å². The zero-order valence-electron chi connectivity index (χ0n) is 15.0. The van der Waals surface area contributed by atoms with Crippen molar-refractivity contribution in [1.29, 1.82) is 0 Å². The molecule has 3 aromatic heterocycles. The van der Waals surface area contributed by atoms with E-state index < -0.39 is 0 Å². The van der Waals surface area contributed by atoms with Gasteiger partial charge in [0.15, 0.2) is 5.69 Å². The van der Waals surface area contributed by atoms with Crippen molar-refractivity contribution in [3.05, 3.63) is 58.6 Å². The molecule has 1 fully saturated rings. The lowest BCUT2D eigenvalue weighted by atomic mass is 9.82. The van der Waals surface area contributed by atoms with E-state index >= 15 is 0 Å². The van der Waals surface area contributed by atoms with Crippen LogP contribution in [0.15, 0.2) is 46.2 Å². The van der Waals surface area contributed by atoms with E-state index in [1.807, 2.05) is 10.6 Å². The zero-order chi connectivity index (χ0) is 19.3. The summed E-state index contributed by atoms with van der Waals surface area (Å²) in [5.41, 5.74) is 8.26. The number of likely N-dealkylation sites (tertiary alicyclic amines) is 1. The highest BCUT2D eigenvalue weighted by molar-refractivity contribution is 5.92. The third-order valence-corrected chi connectivity index (χ3v) is 5.48. The van der Waals surface area contributed by atoms with Crippen molar-refractivity contribution in [1.82, 2.24) is 24.6 Å². The Bertz CT molecular complexity index is 1110. The summed E-state index contributed by atoms with van der Waals surface area (Å²) in [5, 5.41) is 3.76. The topological polar surface area (TPSA) is 120 Å². The van der Waals surface area contributed by atoms with E-state index in [1.54, 1.807) is 23.1 Å². The molecule has 5 rings (SSSR count). The molecule has 0 aromatic carbocycles. The fraction of sp³-hybridized carbons (Fsp3) is 0.316. The Labute approximate surface area is 159 Å². The van der Waals surface area contributed by atoms with Crippen molar-refractivity contribution in [3.8, 4) is 11.3 Å². The van der Waals surface area contributed by atoms with Gasteiger partial charge in [0.25, 0.3) is 11.5 Å². The van der Waals surface area contributed by atoms with Gasteiger partial charge < -0.3 is 19.7 Å². The third-order valence-electron chi connectivity index (χ3n) is 5.48. The van der Waals surface area contributed by atoms with Crippen molar-refractivity contribution >= 4 is 11.7 Å². The Kier molecular flexibility index (Phi) is 3.75. The quantitative estimate of drug-likeness (QED) is 0.710. The number of fused-ring (bicyclic) bond motifs is 4. The molecule has 5 heterocycles. The number of anilines is 1. The normalized spacial score (nSPS) is 20.6. The van der Waals surface area contributed by atoms with Crippen LogP contribution < -0.4 is 11.3 Å². The Morgan fingerprint density at radius 2 is 2.07 bits per heavy atom. The highest BCUT2D eigenvalue weighted by atomic mass is 16.5. The summed E-state index contributed by atoms with van der Waals surface area (Å²) in [4.78, 5) is 35.4. The van der Waals surface area contributed by atoms with Crippen LogP contribution in [0.25, 0.3) is 11.3 Å². The van der Waals surface area contributed by atoms with Gasteiger partial charge in [0.05, 0.1) is 5.69 Å². The molecule has 28 heavy (non-hydrogen) atoms. The smallest absolute Gasteiger partial charge is 0.276 e. The summed E-state index contributed by atoms with van der Waals surface area (Å²) in [6.45, 7) is 1.74. The number of nitrogens with zero attached hydrogens (tertiary/aromatic N) is 5. The summed E-state index contributed by atoms with van der Waals surface area (Å²) >= 11 is 0. The molecule has 1 amide bonds. The number of rotatable bonds is 2. The van der Waals surface area contributed by atoms with Gasteiger partial charge in [-0.15, -0.1) is 0 Å². The summed E-state index contributed by atoms with van der Waals surface area (Å²) in [7, 11) is 0. The lowest BCUT2D eigenvalue weighted by Gasteiger charge is -2.42. The van der Waals surface area contributed by atoms with Gasteiger partial charge in [-0.2, -0.15) is 0 Å². The molecule has 0 saturated carbocycles. The van der Waals surface area contributed by atoms with Crippen LogP contribution >= 0.6 is 0 Å². The first-order chi connectivity index (χ1) is 13.6. The van der Waals surface area contributed by atoms with Crippen molar-refractivity contribution in [2.45, 2.75) is 18.9 Å². The van der Waals surface area contributed by atoms with E-state index in [9.17, 15) is 9.59 Å². The number of carbonyl (C=O) groups excluding carboxylic acids is 1. The second kappa shape index (κ2) is 6.29. The molecule has 0 aliphatic carbocycles. The van der Waals surface area contributed by atoms with Crippen molar-refractivity contribution < 1.29 is 9.32 Å². The minimum atomic E-state index is -0.140. The average molecular weight is 378 g/mol. The van der Waals surface area contributed by atoms with Crippen molar-refractivity contribution in [2.24, 2.45) is 5.92 Å². The fourth-order valence-electron chi connectivity index (χ4n) is 4.29. The van der Waals surface area contributed by atoms with Gasteiger partial charge in [-0.05, 0) is 18.4 Å². The van der Waals surface area contributed by atoms with Gasteiger partial charge in [-0.3, -0.25) is 9.59 Å². The Morgan fingerprint density at radius 3 is 2.86 bits per heavy atom. The fourth-order valence-corrected chi connectivity index (χ4v) is 4.29. The van der Waals surface area contributed by atoms with Crippen LogP contribution in [0.2, 0.25) is 0 Å². The number of hydrogen-bond acceptors (Lipinski definition) is 7. The van der Waals surface area contributed by atoms with Gasteiger partial charge in [0.2, 0.25) is 0 Å². The number of pyridine rings is 1. The number of carbonyl (C=O) groups is 1. The minimum Gasteiger partial charge on any atom is -0.384 e. The predicted octanol–water partition coefficient (Wildman–Crippen LogP) is 1.14. The van der Waals surface area contributed by atoms with Crippen LogP contribution in [0.4, 0.5) is 5.82 Å². The van der Waals surface area contributed by atoms with Crippen molar-refractivity contribution in [3.63, 3.8) is 0 Å². The first-order valence-electron chi connectivity index (χ1n) is 9.11. The maximum atomic E-state index is 12.8. The van der Waals surface area contributed by atoms with E-state index in [1.165, 1.54) is 12.6 Å². The molecule has 2 bridgehead atoms. The molecule has 142 valence electrons. The molecule has 0 unspecified atom stereocenters. The molecule has 9 heteroatoms. The largest absolute Gasteiger partial charge is 0.384 e. The molecular formula is C19H18N6O3. The summed E-state index contributed by atoms with van der Waals surface area (Å²) in [5.74, 6) is 0.527. The molecule has 3 aromatic rings. The van der Waals surface area contributed by atoms with Gasteiger partial charge >= 0.3 is 0 Å². The van der Waals surface area contributed by atoms with Crippen LogP contribution in [0.3, 0.4) is 0 Å². The maximum absolute atomic E-state index is 12.8. The molecule has 2 N–H and O–H groups in total. The SMILES string of the molecule is Nc1cc(-c2cc3n(c(=O)c2)C[C@H]2C[C@@H]3CN(C(=O)c3ccon3)C2)ncn1. The highest BCUT2D eigenvalue weighted by Gasteiger charge is 2.37. The highest BCUT2D eigenvalue weighted by Crippen LogP contribution is 2.36. The lowest BCUT2D eigenvalue weighted by molar-refractivity contribution is 0.0584. The number of hydrogen-bond donors (Lipinski definition) is 1. The second-order valence-corrected chi connectivity index (χ2v) is 7.34. The van der Waals surface area contributed by atoms with Crippen molar-refractivity contribution in [2.75, 3.05) is 18.8 Å².